The Morgan fingerprint density at radius 1 is 1.44 bits per heavy atom. The van der Waals surface area contributed by atoms with Gasteiger partial charge in [0, 0.05) is 19.6 Å². The van der Waals surface area contributed by atoms with Crippen molar-refractivity contribution in [1.29, 1.82) is 0 Å². The van der Waals surface area contributed by atoms with E-state index in [1.165, 1.54) is 0 Å². The number of rotatable bonds is 7. The van der Waals surface area contributed by atoms with Crippen LogP contribution in [0.1, 0.15) is 6.92 Å². The largest absolute Gasteiger partial charge is 0.378 e. The minimum Gasteiger partial charge on any atom is -0.378 e. The van der Waals surface area contributed by atoms with Gasteiger partial charge in [-0.2, -0.15) is 0 Å². The van der Waals surface area contributed by atoms with Crippen LogP contribution in [0.25, 0.3) is 0 Å². The number of nitrogens with zero attached hydrogens (tertiary/aromatic N) is 1. The predicted molar refractivity (Wildman–Crippen MR) is 64.9 cm³/mol. The Labute approximate surface area is 107 Å². The Morgan fingerprint density at radius 3 is 2.72 bits per heavy atom. The molecule has 0 aliphatic carbocycles. The van der Waals surface area contributed by atoms with Gasteiger partial charge in [-0.1, -0.05) is 0 Å². The zero-order chi connectivity index (χ0) is 13.4. The summed E-state index contributed by atoms with van der Waals surface area (Å²) in [6.07, 6.45) is 0. The van der Waals surface area contributed by atoms with Crippen molar-refractivity contribution in [3.63, 3.8) is 0 Å². The summed E-state index contributed by atoms with van der Waals surface area (Å²) in [7, 11) is 0. The number of hydrogen-bond donors (Lipinski definition) is 2. The monoisotopic (exact) mass is 259 g/mol. The minimum atomic E-state index is -0.493. The molecule has 1 aliphatic rings. The summed E-state index contributed by atoms with van der Waals surface area (Å²) in [6.45, 7) is 5.06. The lowest BCUT2D eigenvalue weighted by Crippen LogP contribution is -2.49. The normalized spacial score (nSPS) is 17.5. The maximum atomic E-state index is 12.0. The van der Waals surface area contributed by atoms with Crippen LogP contribution in [0, 0.1) is 0 Å². The average Bonchev–Trinajstić information content (AvgIpc) is 2.38. The SMILES string of the molecule is CC(NCCOCC(N)=O)C(=O)N1CCOCC1. The quantitative estimate of drug-likeness (QED) is 0.533. The fourth-order valence-electron chi connectivity index (χ4n) is 1.67. The van der Waals surface area contributed by atoms with Crippen LogP contribution in [0.2, 0.25) is 0 Å². The van der Waals surface area contributed by atoms with Gasteiger partial charge in [-0.05, 0) is 6.92 Å². The number of morpholine rings is 1. The van der Waals surface area contributed by atoms with E-state index in [1.807, 2.05) is 6.92 Å². The first-order valence-electron chi connectivity index (χ1n) is 6.07. The molecule has 1 atom stereocenters. The van der Waals surface area contributed by atoms with Gasteiger partial charge in [0.1, 0.15) is 6.61 Å². The van der Waals surface area contributed by atoms with Gasteiger partial charge in [0.05, 0.1) is 25.9 Å². The molecule has 7 nitrogen and oxygen atoms in total. The standard InChI is InChI=1S/C11H21N3O4/c1-9(13-2-5-18-8-10(12)15)11(16)14-3-6-17-7-4-14/h9,13H,2-8H2,1H3,(H2,12,15). The first-order valence-corrected chi connectivity index (χ1v) is 6.07. The lowest BCUT2D eigenvalue weighted by Gasteiger charge is -2.29. The predicted octanol–water partition coefficient (Wildman–Crippen LogP) is -1.67. The van der Waals surface area contributed by atoms with E-state index in [-0.39, 0.29) is 18.6 Å². The van der Waals surface area contributed by atoms with E-state index in [9.17, 15) is 9.59 Å². The van der Waals surface area contributed by atoms with Crippen LogP contribution in [0.3, 0.4) is 0 Å². The molecule has 0 bridgehead atoms. The zero-order valence-corrected chi connectivity index (χ0v) is 10.7. The molecule has 1 heterocycles. The van der Waals surface area contributed by atoms with Crippen molar-refractivity contribution in [1.82, 2.24) is 10.2 Å². The van der Waals surface area contributed by atoms with Gasteiger partial charge < -0.3 is 25.4 Å². The summed E-state index contributed by atoms with van der Waals surface area (Å²) >= 11 is 0. The summed E-state index contributed by atoms with van der Waals surface area (Å²) in [5, 5.41) is 3.04. The molecule has 1 rings (SSSR count). The fraction of sp³-hybridized carbons (Fsp3) is 0.818. The van der Waals surface area contributed by atoms with Crippen LogP contribution in [-0.2, 0) is 19.1 Å². The Hall–Kier alpha value is -1.18. The van der Waals surface area contributed by atoms with Gasteiger partial charge >= 0.3 is 0 Å². The molecule has 0 aromatic carbocycles. The number of ether oxygens (including phenoxy) is 2. The van der Waals surface area contributed by atoms with Crippen molar-refractivity contribution in [2.75, 3.05) is 46.1 Å². The first kappa shape index (κ1) is 14.9. The van der Waals surface area contributed by atoms with Crippen LogP contribution in [0.15, 0.2) is 0 Å². The number of nitrogens with two attached hydrogens (primary N) is 1. The van der Waals surface area contributed by atoms with E-state index in [0.717, 1.165) is 0 Å². The summed E-state index contributed by atoms with van der Waals surface area (Å²) in [5.41, 5.74) is 4.92. The maximum Gasteiger partial charge on any atom is 0.243 e. The lowest BCUT2D eigenvalue weighted by atomic mass is 10.2. The summed E-state index contributed by atoms with van der Waals surface area (Å²) in [4.78, 5) is 24.2. The molecule has 1 saturated heterocycles. The number of carbonyl (C=O) groups excluding carboxylic acids is 2. The molecule has 7 heteroatoms. The van der Waals surface area contributed by atoms with Crippen LogP contribution < -0.4 is 11.1 Å². The minimum absolute atomic E-state index is 0.0631. The molecule has 0 radical (unpaired) electrons. The number of nitrogens with one attached hydrogen (secondary N) is 1. The highest BCUT2D eigenvalue weighted by Gasteiger charge is 2.21. The first-order chi connectivity index (χ1) is 8.61. The van der Waals surface area contributed by atoms with Gasteiger partial charge in [0.2, 0.25) is 11.8 Å². The lowest BCUT2D eigenvalue weighted by molar-refractivity contribution is -0.137. The third-order valence-electron chi connectivity index (χ3n) is 2.63. The number of hydrogen-bond acceptors (Lipinski definition) is 5. The highest BCUT2D eigenvalue weighted by Crippen LogP contribution is 2.00. The molecular weight excluding hydrogens is 238 g/mol. The van der Waals surface area contributed by atoms with Gasteiger partial charge in [-0.3, -0.25) is 9.59 Å². The van der Waals surface area contributed by atoms with E-state index >= 15 is 0 Å². The van der Waals surface area contributed by atoms with Crippen LogP contribution >= 0.6 is 0 Å². The van der Waals surface area contributed by atoms with E-state index in [4.69, 9.17) is 15.2 Å². The number of carbonyl (C=O) groups is 2. The summed E-state index contributed by atoms with van der Waals surface area (Å²) in [6, 6.07) is -0.264. The van der Waals surface area contributed by atoms with Crippen molar-refractivity contribution in [3.8, 4) is 0 Å². The molecule has 0 aromatic rings. The molecule has 0 saturated carbocycles. The smallest absolute Gasteiger partial charge is 0.243 e. The van der Waals surface area contributed by atoms with Crippen molar-refractivity contribution < 1.29 is 19.1 Å². The third kappa shape index (κ3) is 5.44. The molecule has 104 valence electrons. The molecular formula is C11H21N3O4. The molecule has 2 amide bonds. The summed E-state index contributed by atoms with van der Waals surface area (Å²) < 4.78 is 10.2. The van der Waals surface area contributed by atoms with Gasteiger partial charge in [0.25, 0.3) is 0 Å². The van der Waals surface area contributed by atoms with Crippen LogP contribution in [0.5, 0.6) is 0 Å². The second kappa shape index (κ2) is 8.02. The maximum absolute atomic E-state index is 12.0. The van der Waals surface area contributed by atoms with Crippen LogP contribution in [-0.4, -0.2) is 68.8 Å². The Kier molecular flexibility index (Phi) is 6.63. The zero-order valence-electron chi connectivity index (χ0n) is 10.7. The molecule has 1 unspecified atom stereocenters. The topological polar surface area (TPSA) is 93.9 Å². The number of amides is 2. The molecule has 0 spiro atoms. The Morgan fingerprint density at radius 2 is 2.11 bits per heavy atom. The molecule has 1 aliphatic heterocycles. The highest BCUT2D eigenvalue weighted by molar-refractivity contribution is 5.81. The fourth-order valence-corrected chi connectivity index (χ4v) is 1.67. The van der Waals surface area contributed by atoms with E-state index in [1.54, 1.807) is 4.90 Å². The van der Waals surface area contributed by atoms with Crippen molar-refractivity contribution in [3.05, 3.63) is 0 Å². The van der Waals surface area contributed by atoms with Crippen molar-refractivity contribution in [2.24, 2.45) is 5.73 Å². The van der Waals surface area contributed by atoms with Gasteiger partial charge in [-0.25, -0.2) is 0 Å². The van der Waals surface area contributed by atoms with E-state index in [2.05, 4.69) is 5.32 Å². The second-order valence-electron chi connectivity index (χ2n) is 4.13. The molecule has 1 fully saturated rings. The second-order valence-corrected chi connectivity index (χ2v) is 4.13. The number of primary amides is 1. The molecule has 0 aromatic heterocycles. The van der Waals surface area contributed by atoms with Gasteiger partial charge in [-0.15, -0.1) is 0 Å². The van der Waals surface area contributed by atoms with E-state index in [0.29, 0.717) is 39.5 Å². The molecule has 18 heavy (non-hydrogen) atoms. The Bertz CT molecular complexity index is 279. The summed E-state index contributed by atoms with van der Waals surface area (Å²) in [5.74, 6) is -0.430. The highest BCUT2D eigenvalue weighted by atomic mass is 16.5. The average molecular weight is 259 g/mol. The molecule has 3 N–H and O–H groups in total. The van der Waals surface area contributed by atoms with E-state index < -0.39 is 5.91 Å². The van der Waals surface area contributed by atoms with Crippen molar-refractivity contribution >= 4 is 11.8 Å². The van der Waals surface area contributed by atoms with Crippen LogP contribution in [0.4, 0.5) is 0 Å². The van der Waals surface area contributed by atoms with Gasteiger partial charge in [0.15, 0.2) is 0 Å². The third-order valence-corrected chi connectivity index (χ3v) is 2.63. The van der Waals surface area contributed by atoms with Crippen molar-refractivity contribution in [2.45, 2.75) is 13.0 Å². The Balaban J connectivity index is 2.13.